The van der Waals surface area contributed by atoms with E-state index in [1.807, 2.05) is 0 Å². The van der Waals surface area contributed by atoms with Crippen molar-refractivity contribution in [2.45, 2.75) is 31.7 Å². The van der Waals surface area contributed by atoms with Gasteiger partial charge in [-0.2, -0.15) is 0 Å². The van der Waals surface area contributed by atoms with Crippen molar-refractivity contribution in [2.24, 2.45) is 0 Å². The molecular formula is C16H21NO5. The number of aliphatic carboxylic acids is 1. The standard InChI is InChI=1S/C16H21NO5/c1-16(15(19)20)7-4-8-17(16)14(18)10-11-9-12(21-2)5-6-13(11)22-3/h5-6,9H,4,7-8,10H2,1-3H3,(H,19,20). The number of carboxylic acid groups (broad SMARTS) is 1. The fraction of sp³-hybridized carbons (Fsp3) is 0.500. The average Bonchev–Trinajstić information content (AvgIpc) is 2.90. The molecule has 1 amide bonds. The Labute approximate surface area is 129 Å². The molecule has 0 saturated carbocycles. The SMILES string of the molecule is COc1ccc(OC)c(CC(=O)N2CCCC2(C)C(=O)O)c1. The monoisotopic (exact) mass is 307 g/mol. The molecule has 1 unspecified atom stereocenters. The van der Waals surface area contributed by atoms with Gasteiger partial charge >= 0.3 is 5.97 Å². The number of hydrogen-bond acceptors (Lipinski definition) is 4. The molecule has 6 heteroatoms. The molecule has 0 radical (unpaired) electrons. The van der Waals surface area contributed by atoms with Crippen LogP contribution in [0.4, 0.5) is 0 Å². The van der Waals surface area contributed by atoms with E-state index in [1.165, 1.54) is 12.0 Å². The van der Waals surface area contributed by atoms with Crippen molar-refractivity contribution in [2.75, 3.05) is 20.8 Å². The van der Waals surface area contributed by atoms with Crippen molar-refractivity contribution < 1.29 is 24.2 Å². The van der Waals surface area contributed by atoms with Crippen LogP contribution in [0.2, 0.25) is 0 Å². The fourth-order valence-electron chi connectivity index (χ4n) is 2.86. The number of likely N-dealkylation sites (tertiary alicyclic amines) is 1. The number of amides is 1. The largest absolute Gasteiger partial charge is 0.497 e. The molecule has 1 saturated heterocycles. The highest BCUT2D eigenvalue weighted by atomic mass is 16.5. The number of hydrogen-bond donors (Lipinski definition) is 1. The van der Waals surface area contributed by atoms with Crippen molar-refractivity contribution in [3.05, 3.63) is 23.8 Å². The molecule has 120 valence electrons. The summed E-state index contributed by atoms with van der Waals surface area (Å²) >= 11 is 0. The molecule has 22 heavy (non-hydrogen) atoms. The first-order valence-electron chi connectivity index (χ1n) is 7.17. The zero-order valence-electron chi connectivity index (χ0n) is 13.1. The summed E-state index contributed by atoms with van der Waals surface area (Å²) in [6.07, 6.45) is 1.26. The first-order valence-corrected chi connectivity index (χ1v) is 7.17. The van der Waals surface area contributed by atoms with Crippen molar-refractivity contribution in [3.8, 4) is 11.5 Å². The molecule has 2 rings (SSSR count). The number of rotatable bonds is 5. The minimum absolute atomic E-state index is 0.0866. The van der Waals surface area contributed by atoms with Gasteiger partial charge < -0.3 is 19.5 Å². The number of carboxylic acids is 1. The number of benzene rings is 1. The van der Waals surface area contributed by atoms with E-state index in [0.717, 1.165) is 0 Å². The van der Waals surface area contributed by atoms with Gasteiger partial charge in [-0.05, 0) is 38.0 Å². The molecule has 1 atom stereocenters. The Hall–Kier alpha value is -2.24. The molecule has 1 aliphatic rings. The van der Waals surface area contributed by atoms with Crippen molar-refractivity contribution >= 4 is 11.9 Å². The van der Waals surface area contributed by atoms with E-state index >= 15 is 0 Å². The average molecular weight is 307 g/mol. The van der Waals surface area contributed by atoms with E-state index in [1.54, 1.807) is 32.2 Å². The lowest BCUT2D eigenvalue weighted by Gasteiger charge is -2.31. The summed E-state index contributed by atoms with van der Waals surface area (Å²) in [5, 5.41) is 9.40. The summed E-state index contributed by atoms with van der Waals surface area (Å²) in [6, 6.07) is 5.23. The summed E-state index contributed by atoms with van der Waals surface area (Å²) in [4.78, 5) is 25.5. The summed E-state index contributed by atoms with van der Waals surface area (Å²) in [6.45, 7) is 2.07. The Morgan fingerprint density at radius 3 is 2.64 bits per heavy atom. The van der Waals surface area contributed by atoms with Crippen LogP contribution in [-0.2, 0) is 16.0 Å². The van der Waals surface area contributed by atoms with E-state index in [9.17, 15) is 14.7 Å². The van der Waals surface area contributed by atoms with Gasteiger partial charge in [0.2, 0.25) is 5.91 Å². The van der Waals surface area contributed by atoms with Gasteiger partial charge in [-0.15, -0.1) is 0 Å². The molecule has 1 N–H and O–H groups in total. The van der Waals surface area contributed by atoms with Crippen LogP contribution >= 0.6 is 0 Å². The Balaban J connectivity index is 2.23. The highest BCUT2D eigenvalue weighted by Crippen LogP contribution is 2.31. The number of methoxy groups -OCH3 is 2. The molecule has 0 aromatic heterocycles. The van der Waals surface area contributed by atoms with Gasteiger partial charge in [-0.1, -0.05) is 0 Å². The molecule has 0 aliphatic carbocycles. The Bertz CT molecular complexity index is 586. The third kappa shape index (κ3) is 2.86. The van der Waals surface area contributed by atoms with Crippen LogP contribution < -0.4 is 9.47 Å². The number of carbonyl (C=O) groups excluding carboxylic acids is 1. The van der Waals surface area contributed by atoms with Crippen LogP contribution in [-0.4, -0.2) is 48.2 Å². The number of carbonyl (C=O) groups is 2. The lowest BCUT2D eigenvalue weighted by Crippen LogP contribution is -2.51. The van der Waals surface area contributed by atoms with Crippen molar-refractivity contribution in [3.63, 3.8) is 0 Å². The summed E-state index contributed by atoms with van der Waals surface area (Å²) in [5.74, 6) is 0.0429. The highest BCUT2D eigenvalue weighted by Gasteiger charge is 2.45. The predicted molar refractivity (Wildman–Crippen MR) is 80.2 cm³/mol. The summed E-state index contributed by atoms with van der Waals surface area (Å²) in [5.41, 5.74) is -0.435. The van der Waals surface area contributed by atoms with E-state index in [2.05, 4.69) is 0 Å². The number of nitrogens with zero attached hydrogens (tertiary/aromatic N) is 1. The van der Waals surface area contributed by atoms with Crippen molar-refractivity contribution in [1.29, 1.82) is 0 Å². The van der Waals surface area contributed by atoms with Gasteiger partial charge in [0.1, 0.15) is 17.0 Å². The van der Waals surface area contributed by atoms with E-state index < -0.39 is 11.5 Å². The molecule has 1 aromatic rings. The van der Waals surface area contributed by atoms with Crippen molar-refractivity contribution in [1.82, 2.24) is 4.90 Å². The third-order valence-electron chi connectivity index (χ3n) is 4.23. The second-order valence-corrected chi connectivity index (χ2v) is 5.58. The maximum atomic E-state index is 12.6. The van der Waals surface area contributed by atoms with Crippen LogP contribution in [0.3, 0.4) is 0 Å². The molecule has 1 fully saturated rings. The zero-order chi connectivity index (χ0) is 16.3. The molecule has 1 heterocycles. The van der Waals surface area contributed by atoms with Gasteiger partial charge in [0.15, 0.2) is 0 Å². The normalized spacial score (nSPS) is 20.8. The Kier molecular flexibility index (Phi) is 4.59. The second kappa shape index (κ2) is 6.25. The number of ether oxygens (including phenoxy) is 2. The smallest absolute Gasteiger partial charge is 0.329 e. The van der Waals surface area contributed by atoms with Gasteiger partial charge in [0.25, 0.3) is 0 Å². The van der Waals surface area contributed by atoms with Crippen LogP contribution in [0, 0.1) is 0 Å². The Morgan fingerprint density at radius 2 is 2.05 bits per heavy atom. The molecule has 0 spiro atoms. The zero-order valence-corrected chi connectivity index (χ0v) is 13.1. The second-order valence-electron chi connectivity index (χ2n) is 5.58. The third-order valence-corrected chi connectivity index (χ3v) is 4.23. The lowest BCUT2D eigenvalue weighted by molar-refractivity contribution is -0.155. The summed E-state index contributed by atoms with van der Waals surface area (Å²) in [7, 11) is 3.09. The first-order chi connectivity index (χ1) is 10.4. The topological polar surface area (TPSA) is 76.1 Å². The van der Waals surface area contributed by atoms with Crippen LogP contribution in [0.25, 0.3) is 0 Å². The lowest BCUT2D eigenvalue weighted by atomic mass is 9.98. The first kappa shape index (κ1) is 16.1. The summed E-state index contributed by atoms with van der Waals surface area (Å²) < 4.78 is 10.4. The maximum Gasteiger partial charge on any atom is 0.329 e. The van der Waals surface area contributed by atoms with Gasteiger partial charge in [0.05, 0.1) is 20.6 Å². The van der Waals surface area contributed by atoms with Gasteiger partial charge in [0, 0.05) is 12.1 Å². The fourth-order valence-corrected chi connectivity index (χ4v) is 2.86. The molecule has 1 aliphatic heterocycles. The van der Waals surface area contributed by atoms with Gasteiger partial charge in [-0.25, -0.2) is 4.79 Å². The quantitative estimate of drug-likeness (QED) is 0.896. The highest BCUT2D eigenvalue weighted by molar-refractivity contribution is 5.88. The minimum Gasteiger partial charge on any atom is -0.497 e. The van der Waals surface area contributed by atoms with Crippen LogP contribution in [0.5, 0.6) is 11.5 Å². The van der Waals surface area contributed by atoms with E-state index in [4.69, 9.17) is 9.47 Å². The maximum absolute atomic E-state index is 12.6. The molecule has 0 bridgehead atoms. The van der Waals surface area contributed by atoms with Crippen LogP contribution in [0.1, 0.15) is 25.3 Å². The van der Waals surface area contributed by atoms with E-state index in [-0.39, 0.29) is 12.3 Å². The predicted octanol–water partition coefficient (Wildman–Crippen LogP) is 1.71. The molecule has 1 aromatic carbocycles. The minimum atomic E-state index is -1.12. The van der Waals surface area contributed by atoms with Crippen LogP contribution in [0.15, 0.2) is 18.2 Å². The molecule has 6 nitrogen and oxygen atoms in total. The Morgan fingerprint density at radius 1 is 1.32 bits per heavy atom. The van der Waals surface area contributed by atoms with Gasteiger partial charge in [-0.3, -0.25) is 4.79 Å². The van der Waals surface area contributed by atoms with E-state index in [0.29, 0.717) is 36.4 Å². The molecular weight excluding hydrogens is 286 g/mol.